The standard InChI is InChI=1S/C32H52N6O7S/c1-13-15-20(24(39)27(41)33-16-14-2)34-26(40)23-22-19(32(22,9)10)17-38(23)28(42)25(31(6,7)8)36-29(43)35-21(30(3,4)5)18-37(11)46(12,44)45/h1,14,19-23,25H,2,15-18H2,3-12H3,(H,33,41)(H,34,40)(H2,35,36,43)/t19-,20?,21+,22-,23-,25+/m0/s1. The normalized spacial score (nSPS) is 22.4. The number of hydrogen-bond donors (Lipinski definition) is 4. The number of amides is 5. The average Bonchev–Trinajstić information content (AvgIpc) is 3.23. The molecule has 1 heterocycles. The van der Waals surface area contributed by atoms with Crippen molar-refractivity contribution in [3.05, 3.63) is 12.7 Å². The van der Waals surface area contributed by atoms with Crippen molar-refractivity contribution in [1.82, 2.24) is 30.5 Å². The first-order valence-electron chi connectivity index (χ1n) is 15.3. The van der Waals surface area contributed by atoms with Crippen LogP contribution in [-0.4, -0.2) is 104 Å². The van der Waals surface area contributed by atoms with Crippen molar-refractivity contribution in [2.75, 3.05) is 32.9 Å². The molecule has 0 bridgehead atoms. The van der Waals surface area contributed by atoms with Crippen LogP contribution >= 0.6 is 0 Å². The summed E-state index contributed by atoms with van der Waals surface area (Å²) < 4.78 is 25.3. The van der Waals surface area contributed by atoms with Crippen LogP contribution in [0.5, 0.6) is 0 Å². The molecular formula is C32H52N6O7S. The maximum Gasteiger partial charge on any atom is 0.315 e. The van der Waals surface area contributed by atoms with E-state index in [9.17, 15) is 32.4 Å². The number of nitrogens with one attached hydrogen (secondary N) is 4. The van der Waals surface area contributed by atoms with Crippen LogP contribution in [0.2, 0.25) is 0 Å². The maximum atomic E-state index is 14.2. The summed E-state index contributed by atoms with van der Waals surface area (Å²) in [5, 5.41) is 10.6. The number of urea groups is 1. The Morgan fingerprint density at radius 3 is 2.13 bits per heavy atom. The molecule has 1 saturated carbocycles. The van der Waals surface area contributed by atoms with Crippen LogP contribution in [0.3, 0.4) is 0 Å². The molecule has 1 aliphatic carbocycles. The lowest BCUT2D eigenvalue weighted by molar-refractivity contribution is -0.145. The zero-order chi connectivity index (χ0) is 35.6. The van der Waals surface area contributed by atoms with Crippen molar-refractivity contribution in [3.8, 4) is 12.3 Å². The predicted octanol–water partition coefficient (Wildman–Crippen LogP) is 0.869. The highest BCUT2D eigenvalue weighted by molar-refractivity contribution is 7.88. The van der Waals surface area contributed by atoms with Gasteiger partial charge in [-0.3, -0.25) is 19.2 Å². The van der Waals surface area contributed by atoms with Crippen LogP contribution in [0.25, 0.3) is 0 Å². The fraction of sp³-hybridized carbons (Fsp3) is 0.719. The first-order chi connectivity index (χ1) is 20.9. The van der Waals surface area contributed by atoms with Gasteiger partial charge in [-0.2, -0.15) is 0 Å². The first-order valence-corrected chi connectivity index (χ1v) is 17.2. The minimum atomic E-state index is -3.51. The summed E-state index contributed by atoms with van der Waals surface area (Å²) in [6.07, 6.45) is 7.72. The Balaban J connectivity index is 2.34. The maximum absolute atomic E-state index is 14.2. The van der Waals surface area contributed by atoms with Gasteiger partial charge in [0.05, 0.1) is 6.26 Å². The summed E-state index contributed by atoms with van der Waals surface area (Å²) in [5.41, 5.74) is -1.57. The van der Waals surface area contributed by atoms with Gasteiger partial charge in [-0.25, -0.2) is 17.5 Å². The van der Waals surface area contributed by atoms with Gasteiger partial charge in [0.2, 0.25) is 27.6 Å². The minimum Gasteiger partial charge on any atom is -0.346 e. The molecule has 14 heteroatoms. The van der Waals surface area contributed by atoms with E-state index in [2.05, 4.69) is 33.8 Å². The van der Waals surface area contributed by atoms with Gasteiger partial charge < -0.3 is 26.2 Å². The lowest BCUT2D eigenvalue weighted by Gasteiger charge is -2.39. The zero-order valence-electron chi connectivity index (χ0n) is 28.8. The van der Waals surface area contributed by atoms with Crippen molar-refractivity contribution in [1.29, 1.82) is 0 Å². The number of fused-ring (bicyclic) bond motifs is 1. The fourth-order valence-corrected chi connectivity index (χ4v) is 6.30. The van der Waals surface area contributed by atoms with E-state index in [-0.39, 0.29) is 43.3 Å². The summed E-state index contributed by atoms with van der Waals surface area (Å²) in [7, 11) is -2.09. The van der Waals surface area contributed by atoms with Crippen LogP contribution in [0.15, 0.2) is 12.7 Å². The van der Waals surface area contributed by atoms with Crippen molar-refractivity contribution < 1.29 is 32.4 Å². The van der Waals surface area contributed by atoms with Gasteiger partial charge in [-0.1, -0.05) is 61.5 Å². The number of terminal acetylenes is 1. The second-order valence-electron chi connectivity index (χ2n) is 15.1. The number of rotatable bonds is 13. The molecule has 6 atom stereocenters. The van der Waals surface area contributed by atoms with E-state index in [0.29, 0.717) is 0 Å². The Kier molecular flexibility index (Phi) is 11.9. The number of piperidine rings is 1. The van der Waals surface area contributed by atoms with E-state index in [1.165, 1.54) is 18.0 Å². The Hall–Kier alpha value is -3.44. The van der Waals surface area contributed by atoms with E-state index in [1.54, 1.807) is 20.8 Å². The second kappa shape index (κ2) is 14.1. The van der Waals surface area contributed by atoms with Gasteiger partial charge in [-0.15, -0.1) is 18.9 Å². The molecule has 13 nitrogen and oxygen atoms in total. The number of sulfonamides is 1. The molecule has 2 rings (SSSR count). The molecule has 0 spiro atoms. The average molecular weight is 665 g/mol. The van der Waals surface area contributed by atoms with Gasteiger partial charge in [0, 0.05) is 39.1 Å². The molecule has 46 heavy (non-hydrogen) atoms. The Morgan fingerprint density at radius 2 is 1.65 bits per heavy atom. The van der Waals surface area contributed by atoms with Crippen LogP contribution in [0, 0.1) is 40.4 Å². The Morgan fingerprint density at radius 1 is 1.07 bits per heavy atom. The highest BCUT2D eigenvalue weighted by Crippen LogP contribution is 2.65. The third kappa shape index (κ3) is 9.09. The molecule has 258 valence electrons. The number of likely N-dealkylation sites (N-methyl/N-ethyl adjacent to an activating group) is 1. The van der Waals surface area contributed by atoms with Gasteiger partial charge in [0.1, 0.15) is 18.1 Å². The molecular weight excluding hydrogens is 612 g/mol. The Bertz CT molecular complexity index is 1370. The number of ketones is 1. The van der Waals surface area contributed by atoms with E-state index in [0.717, 1.165) is 10.6 Å². The second-order valence-corrected chi connectivity index (χ2v) is 17.2. The number of carbonyl (C=O) groups is 5. The fourth-order valence-electron chi connectivity index (χ4n) is 5.88. The van der Waals surface area contributed by atoms with Crippen molar-refractivity contribution >= 4 is 39.6 Å². The van der Waals surface area contributed by atoms with Crippen molar-refractivity contribution in [2.24, 2.45) is 28.1 Å². The molecule has 2 fully saturated rings. The molecule has 0 aromatic rings. The third-order valence-corrected chi connectivity index (χ3v) is 10.4. The zero-order valence-corrected chi connectivity index (χ0v) is 29.6. The minimum absolute atomic E-state index is 0.0103. The number of likely N-dealkylation sites (tertiary alicyclic amines) is 1. The van der Waals surface area contributed by atoms with Crippen LogP contribution in [0.4, 0.5) is 4.79 Å². The Labute approximate surface area is 274 Å². The molecule has 2 aliphatic rings. The number of hydrogen-bond acceptors (Lipinski definition) is 7. The molecule has 4 N–H and O–H groups in total. The summed E-state index contributed by atoms with van der Waals surface area (Å²) in [6, 6.07) is -4.58. The number of carbonyl (C=O) groups excluding carboxylic acids is 5. The SMILES string of the molecule is C#CCC(NC(=O)[C@@H]1[C@@H]2[C@H](CN1C(=O)[C@@H](NC(=O)N[C@H](CN(C)S(C)(=O)=O)C(C)(C)C)C(C)(C)C)C2(C)C)C(=O)C(=O)NCC=C. The van der Waals surface area contributed by atoms with Gasteiger partial charge in [0.25, 0.3) is 5.91 Å². The predicted molar refractivity (Wildman–Crippen MR) is 175 cm³/mol. The van der Waals surface area contributed by atoms with E-state index >= 15 is 0 Å². The van der Waals surface area contributed by atoms with Crippen LogP contribution < -0.4 is 21.3 Å². The van der Waals surface area contributed by atoms with Crippen LogP contribution in [0.1, 0.15) is 61.8 Å². The molecule has 1 unspecified atom stereocenters. The van der Waals surface area contributed by atoms with Crippen molar-refractivity contribution in [2.45, 2.75) is 86.0 Å². The molecule has 1 saturated heterocycles. The van der Waals surface area contributed by atoms with Crippen molar-refractivity contribution in [3.63, 3.8) is 0 Å². The lowest BCUT2D eigenvalue weighted by Crippen LogP contribution is -2.62. The smallest absolute Gasteiger partial charge is 0.315 e. The van der Waals surface area contributed by atoms with E-state index in [1.807, 2.05) is 34.6 Å². The highest BCUT2D eigenvalue weighted by atomic mass is 32.2. The van der Waals surface area contributed by atoms with Gasteiger partial charge >= 0.3 is 6.03 Å². The quantitative estimate of drug-likeness (QED) is 0.128. The van der Waals surface area contributed by atoms with Crippen LogP contribution in [-0.2, 0) is 29.2 Å². The van der Waals surface area contributed by atoms with Gasteiger partial charge in [-0.05, 0) is 28.1 Å². The third-order valence-electron chi connectivity index (χ3n) is 9.09. The van der Waals surface area contributed by atoms with E-state index < -0.39 is 74.6 Å². The lowest BCUT2D eigenvalue weighted by atomic mass is 9.85. The van der Waals surface area contributed by atoms with E-state index in [4.69, 9.17) is 6.42 Å². The largest absolute Gasteiger partial charge is 0.346 e. The van der Waals surface area contributed by atoms with Gasteiger partial charge in [0.15, 0.2) is 0 Å². The summed E-state index contributed by atoms with van der Waals surface area (Å²) in [6.45, 7) is 18.8. The molecule has 0 aromatic carbocycles. The molecule has 5 amide bonds. The monoisotopic (exact) mass is 664 g/mol. The molecule has 1 aliphatic heterocycles. The first kappa shape index (κ1) is 38.7. The summed E-state index contributed by atoms with van der Waals surface area (Å²) in [5.74, 6) is -0.776. The topological polar surface area (TPSA) is 174 Å². The molecule has 0 radical (unpaired) electrons. The number of Topliss-reactive ketones (excluding diaryl/α,β-unsaturated/α-hetero) is 1. The summed E-state index contributed by atoms with van der Waals surface area (Å²) >= 11 is 0. The summed E-state index contributed by atoms with van der Waals surface area (Å²) in [4.78, 5) is 68.1. The highest BCUT2D eigenvalue weighted by Gasteiger charge is 2.70. The molecule has 0 aromatic heterocycles. The number of nitrogens with zero attached hydrogens (tertiary/aromatic N) is 2.